The van der Waals surface area contributed by atoms with Crippen LogP contribution < -0.4 is 10.5 Å². The SMILES string of the molecule is CCOc1ccc(-c2nn(-c3ncccn3)cc2N)cc1. The normalized spacial score (nSPS) is 10.5. The summed E-state index contributed by atoms with van der Waals surface area (Å²) in [6, 6.07) is 9.41. The minimum atomic E-state index is 0.487. The van der Waals surface area contributed by atoms with Crippen LogP contribution in [0.4, 0.5) is 5.69 Å². The van der Waals surface area contributed by atoms with E-state index in [1.54, 1.807) is 29.3 Å². The number of rotatable bonds is 4. The Kier molecular flexibility index (Phi) is 3.51. The number of aromatic nitrogens is 4. The van der Waals surface area contributed by atoms with Crippen LogP contribution in [0.3, 0.4) is 0 Å². The predicted molar refractivity (Wildman–Crippen MR) is 80.2 cm³/mol. The Morgan fingerprint density at radius 1 is 1.14 bits per heavy atom. The summed E-state index contributed by atoms with van der Waals surface area (Å²) < 4.78 is 7.00. The van der Waals surface area contributed by atoms with Gasteiger partial charge in [-0.1, -0.05) is 0 Å². The van der Waals surface area contributed by atoms with Gasteiger partial charge in [-0.25, -0.2) is 14.6 Å². The average molecular weight is 281 g/mol. The number of nitrogens with zero attached hydrogens (tertiary/aromatic N) is 4. The van der Waals surface area contributed by atoms with Gasteiger partial charge < -0.3 is 10.5 Å². The van der Waals surface area contributed by atoms with E-state index in [2.05, 4.69) is 15.1 Å². The monoisotopic (exact) mass is 281 g/mol. The highest BCUT2D eigenvalue weighted by Gasteiger charge is 2.11. The van der Waals surface area contributed by atoms with E-state index in [0.29, 0.717) is 23.9 Å². The molecule has 0 aliphatic heterocycles. The molecule has 2 N–H and O–H groups in total. The maximum Gasteiger partial charge on any atom is 0.250 e. The van der Waals surface area contributed by atoms with Crippen molar-refractivity contribution in [1.82, 2.24) is 19.7 Å². The number of anilines is 1. The maximum atomic E-state index is 6.04. The molecule has 2 aromatic heterocycles. The topological polar surface area (TPSA) is 78.8 Å². The molecule has 0 amide bonds. The molecule has 21 heavy (non-hydrogen) atoms. The first-order valence-corrected chi connectivity index (χ1v) is 6.63. The highest BCUT2D eigenvalue weighted by atomic mass is 16.5. The average Bonchev–Trinajstić information content (AvgIpc) is 2.91. The quantitative estimate of drug-likeness (QED) is 0.794. The summed E-state index contributed by atoms with van der Waals surface area (Å²) in [5.74, 6) is 1.31. The van der Waals surface area contributed by atoms with E-state index >= 15 is 0 Å². The molecule has 3 aromatic rings. The number of ether oxygens (including phenoxy) is 1. The summed E-state index contributed by atoms with van der Waals surface area (Å²) in [5, 5.41) is 4.45. The van der Waals surface area contributed by atoms with Crippen LogP contribution in [0.25, 0.3) is 17.2 Å². The Morgan fingerprint density at radius 3 is 2.52 bits per heavy atom. The molecular formula is C15H15N5O. The number of hydrogen-bond donors (Lipinski definition) is 1. The molecular weight excluding hydrogens is 266 g/mol. The highest BCUT2D eigenvalue weighted by Crippen LogP contribution is 2.26. The molecule has 0 unspecified atom stereocenters. The van der Waals surface area contributed by atoms with E-state index in [9.17, 15) is 0 Å². The fourth-order valence-electron chi connectivity index (χ4n) is 2.00. The van der Waals surface area contributed by atoms with Crippen molar-refractivity contribution >= 4 is 5.69 Å². The van der Waals surface area contributed by atoms with Gasteiger partial charge in [0.15, 0.2) is 0 Å². The van der Waals surface area contributed by atoms with Crippen molar-refractivity contribution in [3.63, 3.8) is 0 Å². The summed E-state index contributed by atoms with van der Waals surface area (Å²) in [6.45, 7) is 2.59. The van der Waals surface area contributed by atoms with Gasteiger partial charge in [0, 0.05) is 18.0 Å². The molecule has 106 valence electrons. The van der Waals surface area contributed by atoms with E-state index in [4.69, 9.17) is 10.5 Å². The molecule has 0 bridgehead atoms. The first-order valence-electron chi connectivity index (χ1n) is 6.63. The third-order valence-electron chi connectivity index (χ3n) is 2.94. The Balaban J connectivity index is 1.94. The molecule has 0 aliphatic carbocycles. The molecule has 6 nitrogen and oxygen atoms in total. The third kappa shape index (κ3) is 2.69. The lowest BCUT2D eigenvalue weighted by molar-refractivity contribution is 0.340. The molecule has 0 radical (unpaired) electrons. The standard InChI is InChI=1S/C15H15N5O/c1-2-21-12-6-4-11(5-7-12)14-13(16)10-20(19-14)15-17-8-3-9-18-15/h3-10H,2,16H2,1H3. The zero-order chi connectivity index (χ0) is 14.7. The van der Waals surface area contributed by atoms with Gasteiger partial charge in [0.25, 0.3) is 5.95 Å². The highest BCUT2D eigenvalue weighted by molar-refractivity contribution is 5.72. The Bertz CT molecular complexity index is 722. The van der Waals surface area contributed by atoms with E-state index in [1.165, 1.54) is 0 Å². The second kappa shape index (κ2) is 5.62. The Morgan fingerprint density at radius 2 is 1.86 bits per heavy atom. The first kappa shape index (κ1) is 13.1. The molecule has 0 fully saturated rings. The molecule has 2 heterocycles. The molecule has 3 rings (SSSR count). The molecule has 6 heteroatoms. The van der Waals surface area contributed by atoms with Crippen LogP contribution in [0, 0.1) is 0 Å². The van der Waals surface area contributed by atoms with Crippen LogP contribution in [0.1, 0.15) is 6.92 Å². The van der Waals surface area contributed by atoms with Crippen molar-refractivity contribution in [3.8, 4) is 23.0 Å². The van der Waals surface area contributed by atoms with Crippen molar-refractivity contribution in [2.45, 2.75) is 6.92 Å². The van der Waals surface area contributed by atoms with E-state index in [1.807, 2.05) is 31.2 Å². The number of benzene rings is 1. The van der Waals surface area contributed by atoms with Gasteiger partial charge in [-0.15, -0.1) is 0 Å². The van der Waals surface area contributed by atoms with Crippen LogP contribution in [-0.4, -0.2) is 26.4 Å². The Hall–Kier alpha value is -2.89. The molecule has 0 atom stereocenters. The van der Waals surface area contributed by atoms with Gasteiger partial charge in [0.2, 0.25) is 0 Å². The second-order valence-corrected chi connectivity index (χ2v) is 4.38. The van der Waals surface area contributed by atoms with Crippen molar-refractivity contribution in [1.29, 1.82) is 0 Å². The second-order valence-electron chi connectivity index (χ2n) is 4.38. The van der Waals surface area contributed by atoms with Gasteiger partial charge in [0.05, 0.1) is 18.5 Å². The third-order valence-corrected chi connectivity index (χ3v) is 2.94. The van der Waals surface area contributed by atoms with Crippen molar-refractivity contribution < 1.29 is 4.74 Å². The first-order chi connectivity index (χ1) is 10.3. The van der Waals surface area contributed by atoms with Gasteiger partial charge in [-0.05, 0) is 37.3 Å². The summed E-state index contributed by atoms with van der Waals surface area (Å²) in [5.41, 5.74) is 8.23. The van der Waals surface area contributed by atoms with Crippen LogP contribution in [0.15, 0.2) is 48.9 Å². The van der Waals surface area contributed by atoms with E-state index < -0.39 is 0 Å². The van der Waals surface area contributed by atoms with Gasteiger partial charge in [-0.2, -0.15) is 5.10 Å². The molecule has 0 aliphatic rings. The summed E-state index contributed by atoms with van der Waals surface area (Å²) >= 11 is 0. The van der Waals surface area contributed by atoms with Crippen LogP contribution in [-0.2, 0) is 0 Å². The zero-order valence-corrected chi connectivity index (χ0v) is 11.6. The Labute approximate surface area is 122 Å². The minimum Gasteiger partial charge on any atom is -0.494 e. The summed E-state index contributed by atoms with van der Waals surface area (Å²) in [4.78, 5) is 8.30. The lowest BCUT2D eigenvalue weighted by atomic mass is 10.1. The van der Waals surface area contributed by atoms with Gasteiger partial charge in [0.1, 0.15) is 11.4 Å². The number of nitrogen functional groups attached to an aromatic ring is 1. The predicted octanol–water partition coefficient (Wildman–Crippen LogP) is 2.31. The molecule has 0 saturated heterocycles. The number of nitrogens with two attached hydrogens (primary N) is 1. The summed E-state index contributed by atoms with van der Waals surface area (Å²) in [6.07, 6.45) is 5.04. The van der Waals surface area contributed by atoms with Crippen LogP contribution in [0.2, 0.25) is 0 Å². The van der Waals surface area contributed by atoms with Crippen molar-refractivity contribution in [2.24, 2.45) is 0 Å². The lowest BCUT2D eigenvalue weighted by Crippen LogP contribution is -2.00. The molecule has 0 spiro atoms. The smallest absolute Gasteiger partial charge is 0.250 e. The largest absolute Gasteiger partial charge is 0.494 e. The number of hydrogen-bond acceptors (Lipinski definition) is 5. The van der Waals surface area contributed by atoms with Crippen LogP contribution >= 0.6 is 0 Å². The van der Waals surface area contributed by atoms with Crippen LogP contribution in [0.5, 0.6) is 5.75 Å². The van der Waals surface area contributed by atoms with Crippen molar-refractivity contribution in [2.75, 3.05) is 12.3 Å². The fraction of sp³-hybridized carbons (Fsp3) is 0.133. The van der Waals surface area contributed by atoms with Crippen molar-refractivity contribution in [3.05, 3.63) is 48.9 Å². The van der Waals surface area contributed by atoms with Gasteiger partial charge in [-0.3, -0.25) is 0 Å². The lowest BCUT2D eigenvalue weighted by Gasteiger charge is -2.03. The molecule has 0 saturated carbocycles. The maximum absolute atomic E-state index is 6.04. The van der Waals surface area contributed by atoms with E-state index in [0.717, 1.165) is 11.3 Å². The van der Waals surface area contributed by atoms with Gasteiger partial charge >= 0.3 is 0 Å². The minimum absolute atomic E-state index is 0.487. The molecule has 1 aromatic carbocycles. The fourth-order valence-corrected chi connectivity index (χ4v) is 2.00. The zero-order valence-electron chi connectivity index (χ0n) is 11.6. The van der Waals surface area contributed by atoms with E-state index in [-0.39, 0.29) is 0 Å². The summed E-state index contributed by atoms with van der Waals surface area (Å²) in [7, 11) is 0.